The van der Waals surface area contributed by atoms with Gasteiger partial charge in [-0.05, 0) is 0 Å². The van der Waals surface area contributed by atoms with Gasteiger partial charge in [-0.25, -0.2) is 9.78 Å². The zero-order valence-electron chi connectivity index (χ0n) is 10.3. The Labute approximate surface area is 113 Å². The van der Waals surface area contributed by atoms with E-state index in [0.29, 0.717) is 22.3 Å². The number of thiazole rings is 1. The second-order valence-electron chi connectivity index (χ2n) is 3.57. The van der Waals surface area contributed by atoms with Crippen LogP contribution in [0.4, 0.5) is 10.8 Å². The van der Waals surface area contributed by atoms with Crippen molar-refractivity contribution in [3.05, 3.63) is 29.3 Å². The first-order chi connectivity index (χ1) is 9.12. The van der Waals surface area contributed by atoms with Crippen LogP contribution in [-0.4, -0.2) is 30.3 Å². The number of hydrogen-bond donors (Lipinski definition) is 2. The summed E-state index contributed by atoms with van der Waals surface area (Å²) >= 11 is 1.21. The van der Waals surface area contributed by atoms with Gasteiger partial charge in [-0.3, -0.25) is 0 Å². The largest absolute Gasteiger partial charge is 0.497 e. The van der Waals surface area contributed by atoms with E-state index in [4.69, 9.17) is 14.6 Å². The van der Waals surface area contributed by atoms with Crippen molar-refractivity contribution in [2.24, 2.45) is 0 Å². The van der Waals surface area contributed by atoms with E-state index < -0.39 is 5.97 Å². The first-order valence-electron chi connectivity index (χ1n) is 5.31. The Bertz CT molecular complexity index is 575. The number of hydrogen-bond acceptors (Lipinski definition) is 6. The topological polar surface area (TPSA) is 80.7 Å². The molecular weight excluding hydrogens is 268 g/mol. The third kappa shape index (κ3) is 3.14. The van der Waals surface area contributed by atoms with Gasteiger partial charge in [0.15, 0.2) is 10.8 Å². The average molecular weight is 280 g/mol. The molecule has 0 atom stereocenters. The number of benzene rings is 1. The van der Waals surface area contributed by atoms with Crippen molar-refractivity contribution < 1.29 is 19.4 Å². The van der Waals surface area contributed by atoms with Gasteiger partial charge in [0, 0.05) is 29.3 Å². The molecule has 0 spiro atoms. The van der Waals surface area contributed by atoms with Crippen LogP contribution >= 0.6 is 11.3 Å². The Morgan fingerprint density at radius 3 is 2.37 bits per heavy atom. The number of aromatic carboxylic acids is 1. The molecule has 0 aliphatic carbocycles. The molecule has 0 aliphatic rings. The van der Waals surface area contributed by atoms with Crippen molar-refractivity contribution in [2.75, 3.05) is 19.5 Å². The van der Waals surface area contributed by atoms with Gasteiger partial charge < -0.3 is 19.9 Å². The van der Waals surface area contributed by atoms with E-state index in [9.17, 15) is 4.79 Å². The van der Waals surface area contributed by atoms with E-state index in [0.717, 1.165) is 0 Å². The van der Waals surface area contributed by atoms with Gasteiger partial charge in [-0.2, -0.15) is 0 Å². The van der Waals surface area contributed by atoms with E-state index in [1.54, 1.807) is 32.4 Å². The number of aromatic nitrogens is 1. The normalized spacial score (nSPS) is 10.0. The first kappa shape index (κ1) is 13.2. The first-order valence-corrected chi connectivity index (χ1v) is 6.19. The number of anilines is 2. The molecule has 0 saturated carbocycles. The van der Waals surface area contributed by atoms with Crippen LogP contribution < -0.4 is 14.8 Å². The summed E-state index contributed by atoms with van der Waals surface area (Å²) in [6.45, 7) is 0. The maximum atomic E-state index is 10.7. The van der Waals surface area contributed by atoms with Gasteiger partial charge in [0.2, 0.25) is 0 Å². The molecule has 0 bridgehead atoms. The highest BCUT2D eigenvalue weighted by molar-refractivity contribution is 7.14. The van der Waals surface area contributed by atoms with Crippen molar-refractivity contribution in [3.8, 4) is 11.5 Å². The highest BCUT2D eigenvalue weighted by atomic mass is 32.1. The van der Waals surface area contributed by atoms with Crippen molar-refractivity contribution in [3.63, 3.8) is 0 Å². The number of nitrogens with one attached hydrogen (secondary N) is 1. The molecule has 6 nitrogen and oxygen atoms in total. The molecule has 0 amide bonds. The molecule has 0 aliphatic heterocycles. The van der Waals surface area contributed by atoms with Crippen molar-refractivity contribution in [1.29, 1.82) is 0 Å². The maximum absolute atomic E-state index is 10.7. The summed E-state index contributed by atoms with van der Waals surface area (Å²) in [7, 11) is 3.12. The quantitative estimate of drug-likeness (QED) is 0.876. The molecular formula is C12H12N2O4S. The lowest BCUT2D eigenvalue weighted by Gasteiger charge is -2.08. The number of nitrogens with zero attached hydrogens (tertiary/aromatic N) is 1. The standard InChI is InChI=1S/C12H12N2O4S/c1-17-8-3-7(4-9(5-8)18-2)13-12-14-10(6-19-12)11(15)16/h3-6H,1-2H3,(H,13,14)(H,15,16). The van der Waals surface area contributed by atoms with E-state index in [1.807, 2.05) is 0 Å². The van der Waals surface area contributed by atoms with Gasteiger partial charge in [-0.1, -0.05) is 0 Å². The van der Waals surface area contributed by atoms with E-state index in [1.165, 1.54) is 16.7 Å². The molecule has 1 aromatic heterocycles. The predicted octanol–water partition coefficient (Wildman–Crippen LogP) is 2.60. The molecule has 2 rings (SSSR count). The van der Waals surface area contributed by atoms with Gasteiger partial charge in [0.05, 0.1) is 14.2 Å². The molecule has 2 N–H and O–H groups in total. The average Bonchev–Trinajstić information content (AvgIpc) is 2.87. The molecule has 100 valence electrons. The van der Waals surface area contributed by atoms with Crippen LogP contribution in [0.5, 0.6) is 11.5 Å². The van der Waals surface area contributed by atoms with Crippen LogP contribution in [0.25, 0.3) is 0 Å². The Morgan fingerprint density at radius 2 is 1.89 bits per heavy atom. The van der Waals surface area contributed by atoms with E-state index in [2.05, 4.69) is 10.3 Å². The summed E-state index contributed by atoms with van der Waals surface area (Å²) in [5.74, 6) is 0.223. The Kier molecular flexibility index (Phi) is 3.86. The van der Waals surface area contributed by atoms with E-state index in [-0.39, 0.29) is 5.69 Å². The predicted molar refractivity (Wildman–Crippen MR) is 71.9 cm³/mol. The van der Waals surface area contributed by atoms with Gasteiger partial charge >= 0.3 is 5.97 Å². The number of carboxylic acid groups (broad SMARTS) is 1. The third-order valence-electron chi connectivity index (χ3n) is 2.33. The lowest BCUT2D eigenvalue weighted by Crippen LogP contribution is -1.97. The fraction of sp³-hybridized carbons (Fsp3) is 0.167. The summed E-state index contributed by atoms with van der Waals surface area (Å²) in [5, 5.41) is 13.8. The molecule has 0 radical (unpaired) electrons. The third-order valence-corrected chi connectivity index (χ3v) is 3.08. The minimum atomic E-state index is -1.05. The fourth-order valence-corrected chi connectivity index (χ4v) is 2.14. The van der Waals surface area contributed by atoms with Crippen LogP contribution in [0.2, 0.25) is 0 Å². The summed E-state index contributed by atoms with van der Waals surface area (Å²) in [5.41, 5.74) is 0.727. The lowest BCUT2D eigenvalue weighted by atomic mass is 10.3. The Balaban J connectivity index is 2.23. The maximum Gasteiger partial charge on any atom is 0.355 e. The van der Waals surface area contributed by atoms with Crippen molar-refractivity contribution >= 4 is 28.1 Å². The number of rotatable bonds is 5. The number of carbonyl (C=O) groups is 1. The van der Waals surface area contributed by atoms with Crippen molar-refractivity contribution in [2.45, 2.75) is 0 Å². The van der Waals surface area contributed by atoms with Crippen LogP contribution in [0.1, 0.15) is 10.5 Å². The Hall–Kier alpha value is -2.28. The smallest absolute Gasteiger partial charge is 0.355 e. The van der Waals surface area contributed by atoms with Gasteiger partial charge in [0.1, 0.15) is 11.5 Å². The zero-order chi connectivity index (χ0) is 13.8. The van der Waals surface area contributed by atoms with Crippen LogP contribution in [0.3, 0.4) is 0 Å². The molecule has 2 aromatic rings. The summed E-state index contributed by atoms with van der Waals surface area (Å²) in [6.07, 6.45) is 0. The van der Waals surface area contributed by atoms with Crippen LogP contribution in [-0.2, 0) is 0 Å². The van der Waals surface area contributed by atoms with Crippen LogP contribution in [0, 0.1) is 0 Å². The summed E-state index contributed by atoms with van der Waals surface area (Å²) in [4.78, 5) is 14.7. The number of carboxylic acids is 1. The van der Waals surface area contributed by atoms with E-state index >= 15 is 0 Å². The molecule has 0 fully saturated rings. The highest BCUT2D eigenvalue weighted by Gasteiger charge is 2.09. The SMILES string of the molecule is COc1cc(Nc2nc(C(=O)O)cs2)cc(OC)c1. The minimum Gasteiger partial charge on any atom is -0.497 e. The molecule has 19 heavy (non-hydrogen) atoms. The summed E-state index contributed by atoms with van der Waals surface area (Å²) < 4.78 is 10.3. The fourth-order valence-electron chi connectivity index (χ4n) is 1.43. The molecule has 1 heterocycles. The zero-order valence-corrected chi connectivity index (χ0v) is 11.2. The van der Waals surface area contributed by atoms with Gasteiger partial charge in [0.25, 0.3) is 0 Å². The second-order valence-corrected chi connectivity index (χ2v) is 4.43. The second kappa shape index (κ2) is 5.57. The molecule has 1 aromatic carbocycles. The lowest BCUT2D eigenvalue weighted by molar-refractivity contribution is 0.0691. The monoisotopic (exact) mass is 280 g/mol. The number of methoxy groups -OCH3 is 2. The molecule has 0 saturated heterocycles. The minimum absolute atomic E-state index is 0.0161. The highest BCUT2D eigenvalue weighted by Crippen LogP contribution is 2.29. The summed E-state index contributed by atoms with van der Waals surface area (Å²) in [6, 6.07) is 5.28. The number of ether oxygens (including phenoxy) is 2. The molecule has 7 heteroatoms. The van der Waals surface area contributed by atoms with Crippen LogP contribution in [0.15, 0.2) is 23.6 Å². The molecule has 0 unspecified atom stereocenters. The van der Waals surface area contributed by atoms with Crippen molar-refractivity contribution in [1.82, 2.24) is 4.98 Å². The Morgan fingerprint density at radius 1 is 1.26 bits per heavy atom. The van der Waals surface area contributed by atoms with Gasteiger partial charge in [-0.15, -0.1) is 11.3 Å².